The lowest BCUT2D eigenvalue weighted by atomic mass is 9.92. The molecule has 1 aliphatic carbocycles. The fourth-order valence-electron chi connectivity index (χ4n) is 2.41. The van der Waals surface area contributed by atoms with Gasteiger partial charge in [0.1, 0.15) is 0 Å². The van der Waals surface area contributed by atoms with Crippen LogP contribution in [0, 0.1) is 0 Å². The number of aryl methyl sites for hydroxylation is 1. The van der Waals surface area contributed by atoms with E-state index in [1.807, 2.05) is 0 Å². The largest absolute Gasteiger partial charge is 0.376 e. The van der Waals surface area contributed by atoms with Gasteiger partial charge in [0.05, 0.1) is 13.2 Å². The van der Waals surface area contributed by atoms with Gasteiger partial charge in [-0.3, -0.25) is 0 Å². The predicted molar refractivity (Wildman–Crippen MR) is 69.1 cm³/mol. The molecule has 7 heteroatoms. The van der Waals surface area contributed by atoms with Gasteiger partial charge >= 0.3 is 0 Å². The van der Waals surface area contributed by atoms with Crippen LogP contribution in [0.25, 0.3) is 0 Å². The molecule has 0 bridgehead atoms. The molecule has 1 aromatic rings. The molecule has 1 fully saturated rings. The van der Waals surface area contributed by atoms with Crippen LogP contribution in [-0.2, 0) is 22.3 Å². The number of ether oxygens (including phenoxy) is 2. The third-order valence-electron chi connectivity index (χ3n) is 3.21. The monoisotopic (exact) mass is 266 g/mol. The molecule has 18 heavy (non-hydrogen) atoms. The number of thiocarbonyl (C=S) groups is 1. The van der Waals surface area contributed by atoms with Crippen LogP contribution in [0.2, 0.25) is 0 Å². The molecular formula is C11H14N4O2S. The van der Waals surface area contributed by atoms with Gasteiger partial charge in [0.25, 0.3) is 0 Å². The van der Waals surface area contributed by atoms with Gasteiger partial charge in [-0.05, 0) is 24.2 Å². The highest BCUT2D eigenvalue weighted by molar-refractivity contribution is 7.80. The summed E-state index contributed by atoms with van der Waals surface area (Å²) in [4.78, 5) is 8.59. The summed E-state index contributed by atoms with van der Waals surface area (Å²) in [7, 11) is 0. The van der Waals surface area contributed by atoms with Gasteiger partial charge in [0, 0.05) is 24.7 Å². The van der Waals surface area contributed by atoms with Crippen LogP contribution >= 0.6 is 12.2 Å². The summed E-state index contributed by atoms with van der Waals surface area (Å²) in [6, 6.07) is 0. The maximum atomic E-state index is 5.70. The molecule has 6 nitrogen and oxygen atoms in total. The second-order valence-electron chi connectivity index (χ2n) is 4.44. The van der Waals surface area contributed by atoms with Crippen LogP contribution < -0.4 is 11.1 Å². The van der Waals surface area contributed by atoms with Crippen molar-refractivity contribution in [2.24, 2.45) is 5.73 Å². The number of aromatic nitrogens is 2. The number of hydrogen-bond acceptors (Lipinski definition) is 5. The van der Waals surface area contributed by atoms with Crippen molar-refractivity contribution >= 4 is 23.3 Å². The van der Waals surface area contributed by atoms with E-state index in [4.69, 9.17) is 27.4 Å². The van der Waals surface area contributed by atoms with Gasteiger partial charge < -0.3 is 20.5 Å². The number of nitrogens with one attached hydrogen (secondary N) is 1. The number of fused-ring (bicyclic) bond motifs is 1. The molecule has 2 aliphatic rings. The van der Waals surface area contributed by atoms with Crippen molar-refractivity contribution in [3.8, 4) is 0 Å². The Morgan fingerprint density at radius 1 is 1.44 bits per heavy atom. The Morgan fingerprint density at radius 3 is 2.94 bits per heavy atom. The maximum absolute atomic E-state index is 5.70. The first kappa shape index (κ1) is 11.8. The maximum Gasteiger partial charge on any atom is 0.229 e. The van der Waals surface area contributed by atoms with E-state index in [1.165, 1.54) is 0 Å². The third kappa shape index (κ3) is 2.16. The molecule has 1 aromatic heterocycles. The Kier molecular flexibility index (Phi) is 2.89. The highest BCUT2D eigenvalue weighted by atomic mass is 32.1. The van der Waals surface area contributed by atoms with E-state index in [0.717, 1.165) is 24.1 Å². The molecule has 3 N–H and O–H groups in total. The van der Waals surface area contributed by atoms with E-state index in [2.05, 4.69) is 15.3 Å². The Labute approximate surface area is 110 Å². The first-order chi connectivity index (χ1) is 8.67. The van der Waals surface area contributed by atoms with Crippen LogP contribution in [0.1, 0.15) is 17.7 Å². The molecule has 2 heterocycles. The lowest BCUT2D eigenvalue weighted by Gasteiger charge is -2.32. The second kappa shape index (κ2) is 4.42. The third-order valence-corrected chi connectivity index (χ3v) is 3.31. The minimum absolute atomic E-state index is 0.171. The molecule has 0 saturated carbocycles. The van der Waals surface area contributed by atoms with Gasteiger partial charge in [0.15, 0.2) is 10.9 Å². The minimum atomic E-state index is -0.450. The fraction of sp³-hybridized carbons (Fsp3) is 0.545. The van der Waals surface area contributed by atoms with Crippen molar-refractivity contribution in [3.63, 3.8) is 0 Å². The number of hydrogen-bond donors (Lipinski definition) is 2. The Bertz CT molecular complexity index is 488. The first-order valence-electron chi connectivity index (χ1n) is 5.86. The average Bonchev–Trinajstić information content (AvgIpc) is 2.77. The van der Waals surface area contributed by atoms with Gasteiger partial charge in [-0.15, -0.1) is 0 Å². The summed E-state index contributed by atoms with van der Waals surface area (Å²) in [6.07, 6.45) is 4.12. The molecular weight excluding hydrogens is 252 g/mol. The van der Waals surface area contributed by atoms with E-state index in [9.17, 15) is 0 Å². The van der Waals surface area contributed by atoms with Crippen molar-refractivity contribution in [2.75, 3.05) is 18.5 Å². The van der Waals surface area contributed by atoms with E-state index in [0.29, 0.717) is 25.6 Å². The first-order valence-corrected chi connectivity index (χ1v) is 6.27. The molecule has 0 atom stereocenters. The minimum Gasteiger partial charge on any atom is -0.376 e. The fourth-order valence-corrected chi connectivity index (χ4v) is 2.50. The molecule has 1 spiro atoms. The normalized spacial score (nSPS) is 20.7. The zero-order valence-corrected chi connectivity index (χ0v) is 10.6. The molecule has 1 saturated heterocycles. The van der Waals surface area contributed by atoms with Crippen molar-refractivity contribution < 1.29 is 9.47 Å². The summed E-state index contributed by atoms with van der Waals surface area (Å²) in [5.41, 5.74) is 7.47. The van der Waals surface area contributed by atoms with Crippen LogP contribution in [0.3, 0.4) is 0 Å². The van der Waals surface area contributed by atoms with Crippen LogP contribution in [-0.4, -0.2) is 34.1 Å². The smallest absolute Gasteiger partial charge is 0.229 e. The van der Waals surface area contributed by atoms with Crippen molar-refractivity contribution in [2.45, 2.75) is 25.0 Å². The van der Waals surface area contributed by atoms with Gasteiger partial charge in [-0.1, -0.05) is 0 Å². The zero-order chi connectivity index (χ0) is 12.6. The quantitative estimate of drug-likeness (QED) is 0.710. The topological polar surface area (TPSA) is 82.3 Å². The van der Waals surface area contributed by atoms with E-state index >= 15 is 0 Å². The molecule has 0 aromatic carbocycles. The van der Waals surface area contributed by atoms with Gasteiger partial charge in [0.2, 0.25) is 5.95 Å². The van der Waals surface area contributed by atoms with Crippen LogP contribution in [0.15, 0.2) is 6.20 Å². The second-order valence-corrected chi connectivity index (χ2v) is 4.88. The van der Waals surface area contributed by atoms with Crippen LogP contribution in [0.4, 0.5) is 5.95 Å². The number of nitrogens with two attached hydrogens (primary N) is 1. The molecule has 1 aliphatic heterocycles. The summed E-state index contributed by atoms with van der Waals surface area (Å²) >= 11 is 4.76. The highest BCUT2D eigenvalue weighted by Crippen LogP contribution is 2.34. The summed E-state index contributed by atoms with van der Waals surface area (Å²) in [5.74, 6) is -0.000428. The highest BCUT2D eigenvalue weighted by Gasteiger charge is 2.40. The van der Waals surface area contributed by atoms with E-state index < -0.39 is 5.79 Å². The lowest BCUT2D eigenvalue weighted by molar-refractivity contribution is -0.164. The molecule has 3 rings (SSSR count). The van der Waals surface area contributed by atoms with Gasteiger partial charge in [-0.25, -0.2) is 9.97 Å². The lowest BCUT2D eigenvalue weighted by Crippen LogP contribution is -2.37. The van der Waals surface area contributed by atoms with Crippen molar-refractivity contribution in [1.29, 1.82) is 0 Å². The van der Waals surface area contributed by atoms with Crippen molar-refractivity contribution in [3.05, 3.63) is 17.5 Å². The molecule has 0 unspecified atom stereocenters. The average molecular weight is 266 g/mol. The van der Waals surface area contributed by atoms with Crippen molar-refractivity contribution in [1.82, 2.24) is 9.97 Å². The number of nitrogens with zero attached hydrogens (tertiary/aromatic N) is 2. The zero-order valence-electron chi connectivity index (χ0n) is 9.81. The standard InChI is InChI=1S/C11H14N4O2S/c12-9(18)15-10-13-6-7-5-11(16-3-4-17-11)2-1-8(7)14-10/h6H,1-5H2,(H3,12,13,14,15,18). The Morgan fingerprint density at radius 2 is 2.22 bits per heavy atom. The summed E-state index contributed by atoms with van der Waals surface area (Å²) in [5, 5.41) is 2.91. The molecule has 96 valence electrons. The molecule has 0 radical (unpaired) electrons. The summed E-state index contributed by atoms with van der Waals surface area (Å²) in [6.45, 7) is 1.33. The Hall–Kier alpha value is -1.31. The SMILES string of the molecule is NC(=S)Nc1ncc2c(n1)CCC1(C2)OCCO1. The summed E-state index contributed by atoms with van der Waals surface area (Å²) < 4.78 is 11.4. The van der Waals surface area contributed by atoms with E-state index in [1.54, 1.807) is 6.20 Å². The predicted octanol–water partition coefficient (Wildman–Crippen LogP) is 0.364. The number of rotatable bonds is 1. The Balaban J connectivity index is 1.83. The van der Waals surface area contributed by atoms with Crippen LogP contribution in [0.5, 0.6) is 0 Å². The van der Waals surface area contributed by atoms with Gasteiger partial charge in [-0.2, -0.15) is 0 Å². The number of anilines is 1. The molecule has 0 amide bonds. The van der Waals surface area contributed by atoms with E-state index in [-0.39, 0.29) is 5.11 Å².